The van der Waals surface area contributed by atoms with Crippen LogP contribution in [0.25, 0.3) is 93.9 Å². The van der Waals surface area contributed by atoms with Crippen molar-refractivity contribution in [2.24, 2.45) is 0 Å². The van der Waals surface area contributed by atoms with Gasteiger partial charge in [0.1, 0.15) is 27.8 Å². The lowest BCUT2D eigenvalue weighted by atomic mass is 10.1. The average Bonchev–Trinajstić information content (AvgIpc) is 4.01. The van der Waals surface area contributed by atoms with Crippen LogP contribution in [0.1, 0.15) is 0 Å². The minimum Gasteiger partial charge on any atom is -0.456 e. The van der Waals surface area contributed by atoms with Crippen molar-refractivity contribution in [1.29, 1.82) is 0 Å². The number of oxazole rings is 1. The van der Waals surface area contributed by atoms with E-state index in [9.17, 15) is 0 Å². The van der Waals surface area contributed by atoms with Crippen LogP contribution in [0.3, 0.4) is 0 Å². The number of nitrogens with zero attached hydrogens (tertiary/aromatic N) is 3. The van der Waals surface area contributed by atoms with E-state index in [0.717, 1.165) is 88.7 Å². The van der Waals surface area contributed by atoms with Crippen LogP contribution in [-0.2, 0) is 0 Å². The van der Waals surface area contributed by atoms with Gasteiger partial charge in [-0.3, -0.25) is 0 Å². The van der Waals surface area contributed by atoms with Crippen molar-refractivity contribution in [2.45, 2.75) is 0 Å². The van der Waals surface area contributed by atoms with Gasteiger partial charge >= 0.3 is 0 Å². The van der Waals surface area contributed by atoms with Crippen LogP contribution in [0.15, 0.2) is 189 Å². The molecule has 0 bridgehead atoms. The molecule has 6 nitrogen and oxygen atoms in total. The van der Waals surface area contributed by atoms with E-state index in [2.05, 4.69) is 137 Å². The molecule has 0 N–H and O–H groups in total. The Balaban J connectivity index is 1.11. The fourth-order valence-corrected chi connectivity index (χ4v) is 8.34. The molecule has 0 unspecified atom stereocenters. The van der Waals surface area contributed by atoms with Crippen molar-refractivity contribution in [3.05, 3.63) is 176 Å². The number of hydrogen-bond donors (Lipinski definition) is 0. The largest absolute Gasteiger partial charge is 0.456 e. The first kappa shape index (κ1) is 29.9. The Hall–Kier alpha value is -7.57. The maximum absolute atomic E-state index is 6.65. The normalized spacial score (nSPS) is 12.0. The summed E-state index contributed by atoms with van der Waals surface area (Å²) in [5.41, 5.74) is 12.0. The number of rotatable bonds is 5. The van der Waals surface area contributed by atoms with Gasteiger partial charge < -0.3 is 22.7 Å². The van der Waals surface area contributed by atoms with Gasteiger partial charge in [-0.15, -0.1) is 0 Å². The molecule has 0 saturated heterocycles. The second-order valence-electron chi connectivity index (χ2n) is 14.0. The topological polar surface area (TPSA) is 60.5 Å². The molecule has 12 rings (SSSR count). The van der Waals surface area contributed by atoms with Crippen molar-refractivity contribution in [1.82, 2.24) is 9.55 Å². The van der Waals surface area contributed by atoms with Gasteiger partial charge in [-0.2, -0.15) is 0 Å². The second kappa shape index (κ2) is 11.5. The summed E-state index contributed by atoms with van der Waals surface area (Å²) in [6.07, 6.45) is 0. The summed E-state index contributed by atoms with van der Waals surface area (Å²) in [6.45, 7) is 0. The smallest absolute Gasteiger partial charge is 0.227 e. The molecule has 0 atom stereocenters. The summed E-state index contributed by atoms with van der Waals surface area (Å²) >= 11 is 0. The van der Waals surface area contributed by atoms with Gasteiger partial charge in [0.05, 0.1) is 16.7 Å². The van der Waals surface area contributed by atoms with Crippen LogP contribution in [0, 0.1) is 0 Å². The highest BCUT2D eigenvalue weighted by atomic mass is 16.4. The fraction of sp³-hybridized carbons (Fsp3) is 0. The van der Waals surface area contributed by atoms with E-state index in [0.29, 0.717) is 11.5 Å². The van der Waals surface area contributed by atoms with E-state index in [1.807, 2.05) is 48.5 Å². The van der Waals surface area contributed by atoms with E-state index in [1.54, 1.807) is 0 Å². The predicted molar refractivity (Wildman–Crippen MR) is 223 cm³/mol. The maximum Gasteiger partial charge on any atom is 0.227 e. The maximum atomic E-state index is 6.65. The molecule has 0 saturated carbocycles. The monoisotopic (exact) mass is 707 g/mol. The van der Waals surface area contributed by atoms with Gasteiger partial charge in [0.2, 0.25) is 5.89 Å². The molecule has 8 aromatic carbocycles. The Morgan fingerprint density at radius 3 is 1.96 bits per heavy atom. The van der Waals surface area contributed by atoms with E-state index in [1.165, 1.54) is 10.8 Å². The summed E-state index contributed by atoms with van der Waals surface area (Å²) in [5, 5.41) is 6.51. The number of furan rings is 2. The van der Waals surface area contributed by atoms with E-state index in [-0.39, 0.29) is 0 Å². The summed E-state index contributed by atoms with van der Waals surface area (Å²) < 4.78 is 21.5. The van der Waals surface area contributed by atoms with Gasteiger partial charge in [-0.1, -0.05) is 84.9 Å². The van der Waals surface area contributed by atoms with Crippen LogP contribution >= 0.6 is 0 Å². The molecule has 0 aliphatic heterocycles. The van der Waals surface area contributed by atoms with Gasteiger partial charge in [-0.05, 0) is 78.9 Å². The molecule has 0 amide bonds. The lowest BCUT2D eigenvalue weighted by Crippen LogP contribution is -2.11. The van der Waals surface area contributed by atoms with Crippen molar-refractivity contribution in [2.75, 3.05) is 4.90 Å². The van der Waals surface area contributed by atoms with E-state index in [4.69, 9.17) is 18.2 Å². The standard InChI is InChI=1S/C49H29N3O3/c1-3-12-30(13-4-1)49-50-40-28-39-36-24-22-33(27-45(36)54-46(39)29-47(40)55-49)51(32-23-25-44-38(26-32)35-17-8-10-21-43(35)53-44)42-20-11-18-37-34-16-7-9-19-41(34)52(48(37)42)31-14-5-2-6-15-31/h1-29H. The molecular formula is C49H29N3O3. The first-order valence-electron chi connectivity index (χ1n) is 18.4. The highest BCUT2D eigenvalue weighted by Crippen LogP contribution is 2.46. The highest BCUT2D eigenvalue weighted by molar-refractivity contribution is 6.16. The third kappa shape index (κ3) is 4.52. The second-order valence-corrected chi connectivity index (χ2v) is 14.0. The predicted octanol–water partition coefficient (Wildman–Crippen LogP) is 13.9. The molecular weight excluding hydrogens is 679 g/mol. The highest BCUT2D eigenvalue weighted by Gasteiger charge is 2.23. The Labute approximate surface area is 313 Å². The molecule has 258 valence electrons. The van der Waals surface area contributed by atoms with Crippen LogP contribution in [0.2, 0.25) is 0 Å². The zero-order chi connectivity index (χ0) is 36.0. The molecule has 6 heteroatoms. The minimum absolute atomic E-state index is 0.593. The number of fused-ring (bicyclic) bond motifs is 10. The number of hydrogen-bond acceptors (Lipinski definition) is 5. The van der Waals surface area contributed by atoms with Gasteiger partial charge in [0, 0.05) is 67.1 Å². The lowest BCUT2D eigenvalue weighted by molar-refractivity contribution is 0.617. The SMILES string of the molecule is c1ccc(-c2nc3cc4c(cc3o2)oc2cc(N(c3ccc5oc6ccccc6c5c3)c3cccc5c6ccccc6n(-c6ccccc6)c35)ccc24)cc1. The Morgan fingerprint density at radius 1 is 0.418 bits per heavy atom. The van der Waals surface area contributed by atoms with Crippen molar-refractivity contribution < 1.29 is 13.3 Å². The molecule has 55 heavy (non-hydrogen) atoms. The van der Waals surface area contributed by atoms with Gasteiger partial charge in [0.25, 0.3) is 0 Å². The fourth-order valence-electron chi connectivity index (χ4n) is 8.34. The van der Waals surface area contributed by atoms with Crippen LogP contribution in [0.5, 0.6) is 0 Å². The Bertz CT molecular complexity index is 3440. The third-order valence-electron chi connectivity index (χ3n) is 10.8. The molecule has 4 aromatic heterocycles. The summed E-state index contributed by atoms with van der Waals surface area (Å²) in [6, 6.07) is 61.0. The molecule has 12 aromatic rings. The van der Waals surface area contributed by atoms with E-state index >= 15 is 0 Å². The molecule has 0 aliphatic rings. The van der Waals surface area contributed by atoms with Crippen LogP contribution in [0.4, 0.5) is 17.1 Å². The van der Waals surface area contributed by atoms with Crippen molar-refractivity contribution in [3.8, 4) is 17.1 Å². The summed E-state index contributed by atoms with van der Waals surface area (Å²) in [7, 11) is 0. The van der Waals surface area contributed by atoms with Crippen LogP contribution in [-0.4, -0.2) is 9.55 Å². The molecule has 4 heterocycles. The molecule has 0 spiro atoms. The first-order chi connectivity index (χ1) is 27.2. The lowest BCUT2D eigenvalue weighted by Gasteiger charge is -2.27. The van der Waals surface area contributed by atoms with Gasteiger partial charge in [0.15, 0.2) is 5.58 Å². The van der Waals surface area contributed by atoms with Crippen LogP contribution < -0.4 is 4.90 Å². The minimum atomic E-state index is 0.593. The van der Waals surface area contributed by atoms with Gasteiger partial charge in [-0.25, -0.2) is 4.98 Å². The number of aromatic nitrogens is 2. The average molecular weight is 708 g/mol. The molecule has 0 aliphatic carbocycles. The third-order valence-corrected chi connectivity index (χ3v) is 10.8. The Kier molecular flexibility index (Phi) is 6.24. The molecule has 0 fully saturated rings. The zero-order valence-electron chi connectivity index (χ0n) is 29.3. The molecule has 0 radical (unpaired) electrons. The number of anilines is 3. The summed E-state index contributed by atoms with van der Waals surface area (Å²) in [4.78, 5) is 7.18. The number of para-hydroxylation sites is 4. The Morgan fingerprint density at radius 2 is 1.07 bits per heavy atom. The van der Waals surface area contributed by atoms with Crippen molar-refractivity contribution in [3.63, 3.8) is 0 Å². The van der Waals surface area contributed by atoms with E-state index < -0.39 is 0 Å². The summed E-state index contributed by atoms with van der Waals surface area (Å²) in [5.74, 6) is 0.593. The first-order valence-corrected chi connectivity index (χ1v) is 18.4. The van der Waals surface area contributed by atoms with Crippen molar-refractivity contribution >= 4 is 93.8 Å². The quantitative estimate of drug-likeness (QED) is 0.178. The number of benzene rings is 8. The zero-order valence-corrected chi connectivity index (χ0v) is 29.3.